The van der Waals surface area contributed by atoms with Gasteiger partial charge < -0.3 is 10.3 Å². The maximum absolute atomic E-state index is 12.2. The van der Waals surface area contributed by atoms with Crippen molar-refractivity contribution >= 4 is 50.8 Å². The molecule has 2 N–H and O–H groups in total. The Morgan fingerprint density at radius 3 is 2.89 bits per heavy atom. The molecule has 0 atom stereocenters. The smallest absolute Gasteiger partial charge is 0.253 e. The van der Waals surface area contributed by atoms with E-state index >= 15 is 0 Å². The Kier molecular flexibility index (Phi) is 4.56. The molecule has 0 saturated carbocycles. The maximum atomic E-state index is 12.2. The summed E-state index contributed by atoms with van der Waals surface area (Å²) in [6, 6.07) is 13.4. The lowest BCUT2D eigenvalue weighted by Gasteiger charge is -2.05. The maximum Gasteiger partial charge on any atom is 0.253 e. The quantitative estimate of drug-likeness (QED) is 0.496. The molecule has 0 fully saturated rings. The fraction of sp³-hybridized carbons (Fsp3) is 0.0455. The van der Waals surface area contributed by atoms with Crippen molar-refractivity contribution in [2.24, 2.45) is 0 Å². The Bertz CT molecular complexity index is 1290. The van der Waals surface area contributed by atoms with Crippen LogP contribution in [0.5, 0.6) is 0 Å². The molecule has 1 amide bonds. The van der Waals surface area contributed by atoms with Gasteiger partial charge in [0, 0.05) is 47.0 Å². The molecule has 136 valence electrons. The summed E-state index contributed by atoms with van der Waals surface area (Å²) in [6.07, 6.45) is 7.09. The standard InChI is InChI=1S/C22H15ClN4O/c1-25-22(28)19-9-16(23)8-18-20(12-27-21(18)19)15(10-24)7-13-3-2-4-14-11-26-6-5-17(13)14/h2-9,11-12,27H,1H3,(H,25,28)/b15-7+. The van der Waals surface area contributed by atoms with E-state index in [4.69, 9.17) is 11.6 Å². The van der Waals surface area contributed by atoms with E-state index in [0.717, 1.165) is 21.7 Å². The largest absolute Gasteiger partial charge is 0.360 e. The van der Waals surface area contributed by atoms with Crippen LogP contribution in [0.2, 0.25) is 5.02 Å². The number of halogens is 1. The van der Waals surface area contributed by atoms with Crippen LogP contribution in [0, 0.1) is 11.3 Å². The number of H-pyrrole nitrogens is 1. The van der Waals surface area contributed by atoms with Crippen molar-refractivity contribution in [3.63, 3.8) is 0 Å². The third kappa shape index (κ3) is 3.00. The molecular formula is C22H15ClN4O. The minimum Gasteiger partial charge on any atom is -0.360 e. The highest BCUT2D eigenvalue weighted by molar-refractivity contribution is 6.32. The van der Waals surface area contributed by atoms with Gasteiger partial charge in [-0.05, 0) is 35.2 Å². The number of carbonyl (C=O) groups is 1. The number of pyridine rings is 1. The average molecular weight is 387 g/mol. The second-order valence-corrected chi connectivity index (χ2v) is 6.71. The second kappa shape index (κ2) is 7.18. The minimum absolute atomic E-state index is 0.245. The number of nitriles is 1. The van der Waals surface area contributed by atoms with E-state index in [1.54, 1.807) is 37.8 Å². The Hall–Kier alpha value is -3.62. The summed E-state index contributed by atoms with van der Waals surface area (Å²) < 4.78 is 0. The van der Waals surface area contributed by atoms with E-state index in [-0.39, 0.29) is 5.91 Å². The number of hydrogen-bond donors (Lipinski definition) is 2. The fourth-order valence-electron chi connectivity index (χ4n) is 3.33. The first-order valence-electron chi connectivity index (χ1n) is 8.60. The summed E-state index contributed by atoms with van der Waals surface area (Å²) >= 11 is 6.24. The fourth-order valence-corrected chi connectivity index (χ4v) is 3.55. The second-order valence-electron chi connectivity index (χ2n) is 6.27. The van der Waals surface area contributed by atoms with Crippen LogP contribution in [-0.2, 0) is 0 Å². The molecule has 2 aromatic carbocycles. The molecule has 0 spiro atoms. The van der Waals surface area contributed by atoms with Crippen molar-refractivity contribution in [2.75, 3.05) is 7.05 Å². The van der Waals surface area contributed by atoms with E-state index in [0.29, 0.717) is 27.2 Å². The predicted molar refractivity (Wildman–Crippen MR) is 112 cm³/mol. The summed E-state index contributed by atoms with van der Waals surface area (Å²) in [5.74, 6) is -0.245. The molecule has 4 aromatic rings. The highest BCUT2D eigenvalue weighted by Crippen LogP contribution is 2.32. The number of hydrogen-bond acceptors (Lipinski definition) is 3. The molecule has 5 nitrogen and oxygen atoms in total. The number of benzene rings is 2. The van der Waals surface area contributed by atoms with E-state index in [2.05, 4.69) is 21.4 Å². The van der Waals surface area contributed by atoms with Crippen LogP contribution in [0.15, 0.2) is 55.0 Å². The number of carbonyl (C=O) groups excluding carboxylic acids is 1. The molecular weight excluding hydrogens is 372 g/mol. The number of amides is 1. The molecule has 0 saturated heterocycles. The normalized spacial score (nSPS) is 11.5. The zero-order valence-corrected chi connectivity index (χ0v) is 15.7. The van der Waals surface area contributed by atoms with E-state index in [1.165, 1.54) is 0 Å². The van der Waals surface area contributed by atoms with Gasteiger partial charge in [-0.25, -0.2) is 0 Å². The van der Waals surface area contributed by atoms with Gasteiger partial charge in [-0.3, -0.25) is 9.78 Å². The van der Waals surface area contributed by atoms with Crippen LogP contribution in [0.1, 0.15) is 21.5 Å². The summed E-state index contributed by atoms with van der Waals surface area (Å²) in [5, 5.41) is 15.6. The number of nitrogens with one attached hydrogen (secondary N) is 2. The Morgan fingerprint density at radius 1 is 1.25 bits per heavy atom. The summed E-state index contributed by atoms with van der Waals surface area (Å²) in [4.78, 5) is 19.5. The van der Waals surface area contributed by atoms with Gasteiger partial charge in [-0.2, -0.15) is 5.26 Å². The van der Waals surface area contributed by atoms with Crippen molar-refractivity contribution in [1.29, 1.82) is 5.26 Å². The third-order valence-corrected chi connectivity index (χ3v) is 4.87. The lowest BCUT2D eigenvalue weighted by molar-refractivity contribution is 0.0964. The Morgan fingerprint density at radius 2 is 2.11 bits per heavy atom. The van der Waals surface area contributed by atoms with Crippen molar-refractivity contribution in [1.82, 2.24) is 15.3 Å². The monoisotopic (exact) mass is 386 g/mol. The van der Waals surface area contributed by atoms with E-state index in [9.17, 15) is 10.1 Å². The SMILES string of the molecule is CNC(=O)c1cc(Cl)cc2c(/C(C#N)=C/c3cccc4cnccc34)c[nH]c12. The van der Waals surface area contributed by atoms with Crippen molar-refractivity contribution in [3.05, 3.63) is 76.7 Å². The number of nitrogens with zero attached hydrogens (tertiary/aromatic N) is 2. The van der Waals surface area contributed by atoms with Gasteiger partial charge in [0.25, 0.3) is 5.91 Å². The van der Waals surface area contributed by atoms with Gasteiger partial charge in [-0.1, -0.05) is 29.8 Å². The van der Waals surface area contributed by atoms with Crippen LogP contribution in [0.25, 0.3) is 33.3 Å². The summed E-state index contributed by atoms with van der Waals surface area (Å²) in [6.45, 7) is 0. The lowest BCUT2D eigenvalue weighted by Crippen LogP contribution is -2.18. The molecule has 6 heteroatoms. The van der Waals surface area contributed by atoms with Crippen LogP contribution in [-0.4, -0.2) is 22.9 Å². The number of aromatic nitrogens is 2. The number of aromatic amines is 1. The summed E-state index contributed by atoms with van der Waals surface area (Å²) in [5.41, 5.74) is 3.16. The highest BCUT2D eigenvalue weighted by atomic mass is 35.5. The zero-order chi connectivity index (χ0) is 19.7. The Labute approximate surface area is 166 Å². The number of allylic oxidation sites excluding steroid dienone is 1. The number of fused-ring (bicyclic) bond motifs is 2. The van der Waals surface area contributed by atoms with Crippen molar-refractivity contribution in [2.45, 2.75) is 0 Å². The first-order chi connectivity index (χ1) is 13.6. The van der Waals surface area contributed by atoms with Gasteiger partial charge in [0.1, 0.15) is 0 Å². The topological polar surface area (TPSA) is 81.6 Å². The van der Waals surface area contributed by atoms with Crippen molar-refractivity contribution < 1.29 is 4.79 Å². The molecule has 0 radical (unpaired) electrons. The summed E-state index contributed by atoms with van der Waals surface area (Å²) in [7, 11) is 1.56. The predicted octanol–water partition coefficient (Wildman–Crippen LogP) is 4.79. The van der Waals surface area contributed by atoms with Gasteiger partial charge >= 0.3 is 0 Å². The van der Waals surface area contributed by atoms with Crippen molar-refractivity contribution in [3.8, 4) is 6.07 Å². The molecule has 0 aliphatic carbocycles. The molecule has 0 aliphatic rings. The molecule has 0 aliphatic heterocycles. The van der Waals surface area contributed by atoms with Gasteiger partial charge in [0.15, 0.2) is 0 Å². The van der Waals surface area contributed by atoms with E-state index in [1.807, 2.05) is 30.3 Å². The first-order valence-corrected chi connectivity index (χ1v) is 8.98. The van der Waals surface area contributed by atoms with Gasteiger partial charge in [0.2, 0.25) is 0 Å². The molecule has 0 bridgehead atoms. The van der Waals surface area contributed by atoms with Crippen LogP contribution < -0.4 is 5.32 Å². The van der Waals surface area contributed by atoms with Gasteiger partial charge in [-0.15, -0.1) is 0 Å². The first kappa shape index (κ1) is 17.8. The molecule has 28 heavy (non-hydrogen) atoms. The van der Waals surface area contributed by atoms with Crippen LogP contribution >= 0.6 is 11.6 Å². The lowest BCUT2D eigenvalue weighted by atomic mass is 9.99. The third-order valence-electron chi connectivity index (χ3n) is 4.65. The number of rotatable bonds is 3. The van der Waals surface area contributed by atoms with Crippen LogP contribution in [0.4, 0.5) is 0 Å². The average Bonchev–Trinajstić information content (AvgIpc) is 3.14. The zero-order valence-electron chi connectivity index (χ0n) is 15.0. The molecule has 4 rings (SSSR count). The van der Waals surface area contributed by atoms with E-state index < -0.39 is 0 Å². The molecule has 2 aromatic heterocycles. The minimum atomic E-state index is -0.245. The van der Waals surface area contributed by atoms with Gasteiger partial charge in [0.05, 0.1) is 22.7 Å². The molecule has 2 heterocycles. The van der Waals surface area contributed by atoms with Crippen LogP contribution in [0.3, 0.4) is 0 Å². The highest BCUT2D eigenvalue weighted by Gasteiger charge is 2.16. The molecule has 0 unspecified atom stereocenters. The Balaban J connectivity index is 1.93.